The summed E-state index contributed by atoms with van der Waals surface area (Å²) in [6.07, 6.45) is 0.0632. The first kappa shape index (κ1) is 20.0. The van der Waals surface area contributed by atoms with E-state index in [0.717, 1.165) is 5.56 Å². The molecular weight excluding hydrogens is 378 g/mol. The predicted octanol–water partition coefficient (Wildman–Crippen LogP) is 2.87. The van der Waals surface area contributed by atoms with Gasteiger partial charge in [0.15, 0.2) is 5.13 Å². The number of aromatic nitrogens is 1. The average Bonchev–Trinajstić information content (AvgIpc) is 3.20. The fourth-order valence-corrected chi connectivity index (χ4v) is 4.00. The van der Waals surface area contributed by atoms with Crippen molar-refractivity contribution >= 4 is 34.3 Å². The van der Waals surface area contributed by atoms with Gasteiger partial charge in [-0.1, -0.05) is 32.0 Å². The van der Waals surface area contributed by atoms with Crippen LogP contribution in [0.4, 0.5) is 5.13 Å². The second-order valence-electron chi connectivity index (χ2n) is 6.89. The zero-order chi connectivity index (χ0) is 20.3. The maximum absolute atomic E-state index is 12.9. The number of amides is 2. The fraction of sp³-hybridized carbons (Fsp3) is 0.400. The van der Waals surface area contributed by atoms with Gasteiger partial charge in [0.2, 0.25) is 5.91 Å². The third-order valence-corrected chi connectivity index (χ3v) is 5.30. The van der Waals surface area contributed by atoms with Gasteiger partial charge < -0.3 is 15.0 Å². The molecule has 0 saturated carbocycles. The van der Waals surface area contributed by atoms with E-state index in [1.54, 1.807) is 23.3 Å². The number of rotatable bonds is 7. The third-order valence-electron chi connectivity index (χ3n) is 4.50. The van der Waals surface area contributed by atoms with Crippen LogP contribution < -0.4 is 5.32 Å². The Hall–Kier alpha value is -2.74. The van der Waals surface area contributed by atoms with Crippen molar-refractivity contribution in [3.05, 3.63) is 46.5 Å². The summed E-state index contributed by atoms with van der Waals surface area (Å²) in [5.74, 6) is -0.844. The molecule has 148 valence electrons. The summed E-state index contributed by atoms with van der Waals surface area (Å²) >= 11 is 1.24. The normalized spacial score (nSPS) is 14.1. The van der Waals surface area contributed by atoms with Crippen molar-refractivity contribution < 1.29 is 19.1 Å². The smallest absolute Gasteiger partial charge is 0.311 e. The predicted molar refractivity (Wildman–Crippen MR) is 106 cm³/mol. The molecule has 2 aromatic rings. The summed E-state index contributed by atoms with van der Waals surface area (Å²) in [5.41, 5.74) is 2.12. The Morgan fingerprint density at radius 3 is 2.75 bits per heavy atom. The number of nitrogens with one attached hydrogen (secondary N) is 1. The number of esters is 1. The first-order valence-electron chi connectivity index (χ1n) is 9.20. The maximum Gasteiger partial charge on any atom is 0.311 e. The van der Waals surface area contributed by atoms with Crippen LogP contribution >= 0.6 is 11.3 Å². The second-order valence-corrected chi connectivity index (χ2v) is 7.75. The molecule has 1 atom stereocenters. The quantitative estimate of drug-likeness (QED) is 0.721. The van der Waals surface area contributed by atoms with Crippen LogP contribution in [-0.4, -0.2) is 40.3 Å². The highest BCUT2D eigenvalue weighted by atomic mass is 32.1. The molecule has 1 aliphatic heterocycles. The van der Waals surface area contributed by atoms with E-state index < -0.39 is 6.04 Å². The molecule has 7 nitrogen and oxygen atoms in total. The van der Waals surface area contributed by atoms with Gasteiger partial charge in [-0.15, -0.1) is 11.3 Å². The minimum absolute atomic E-state index is 0.0632. The number of carbonyl (C=O) groups excluding carboxylic acids is 3. The van der Waals surface area contributed by atoms with Crippen LogP contribution in [0, 0.1) is 5.92 Å². The number of hydrogen-bond donors (Lipinski definition) is 1. The molecule has 0 fully saturated rings. The highest BCUT2D eigenvalue weighted by molar-refractivity contribution is 7.13. The van der Waals surface area contributed by atoms with Gasteiger partial charge in [0.1, 0.15) is 6.04 Å². The van der Waals surface area contributed by atoms with Gasteiger partial charge in [0.05, 0.1) is 18.7 Å². The van der Waals surface area contributed by atoms with Gasteiger partial charge in [-0.25, -0.2) is 4.98 Å². The van der Waals surface area contributed by atoms with Crippen molar-refractivity contribution in [3.8, 4) is 0 Å². The summed E-state index contributed by atoms with van der Waals surface area (Å²) in [7, 11) is 0. The van der Waals surface area contributed by atoms with E-state index in [9.17, 15) is 14.4 Å². The van der Waals surface area contributed by atoms with Gasteiger partial charge in [-0.05, 0) is 24.5 Å². The molecule has 1 aromatic heterocycles. The number of benzene rings is 1. The minimum atomic E-state index is -0.614. The summed E-state index contributed by atoms with van der Waals surface area (Å²) in [6.45, 7) is 6.30. The van der Waals surface area contributed by atoms with E-state index in [-0.39, 0.29) is 30.1 Å². The Balaban J connectivity index is 1.71. The first-order valence-corrected chi connectivity index (χ1v) is 10.1. The zero-order valence-electron chi connectivity index (χ0n) is 16.1. The van der Waals surface area contributed by atoms with E-state index in [4.69, 9.17) is 4.74 Å². The molecule has 0 saturated heterocycles. The van der Waals surface area contributed by atoms with Crippen LogP contribution in [0.5, 0.6) is 0 Å². The summed E-state index contributed by atoms with van der Waals surface area (Å²) < 4.78 is 4.91. The molecule has 1 aliphatic rings. The lowest BCUT2D eigenvalue weighted by Crippen LogP contribution is -2.47. The van der Waals surface area contributed by atoms with Crippen LogP contribution in [-0.2, 0) is 27.3 Å². The van der Waals surface area contributed by atoms with E-state index in [1.165, 1.54) is 11.3 Å². The molecule has 1 N–H and O–H groups in total. The molecule has 3 rings (SSSR count). The Morgan fingerprint density at radius 2 is 2.07 bits per heavy atom. The average molecular weight is 401 g/mol. The highest BCUT2D eigenvalue weighted by Crippen LogP contribution is 2.28. The van der Waals surface area contributed by atoms with Crippen LogP contribution in [0.1, 0.15) is 42.4 Å². The number of ether oxygens (including phenoxy) is 1. The topological polar surface area (TPSA) is 88.6 Å². The van der Waals surface area contributed by atoms with Crippen molar-refractivity contribution in [1.29, 1.82) is 0 Å². The van der Waals surface area contributed by atoms with E-state index >= 15 is 0 Å². The molecular formula is C20H23N3O4S. The zero-order valence-corrected chi connectivity index (χ0v) is 16.9. The number of carbonyl (C=O) groups is 3. The second kappa shape index (κ2) is 8.52. The number of fused-ring (bicyclic) bond motifs is 1. The fourth-order valence-electron chi connectivity index (χ4n) is 3.29. The van der Waals surface area contributed by atoms with Gasteiger partial charge >= 0.3 is 5.97 Å². The van der Waals surface area contributed by atoms with Crippen molar-refractivity contribution in [2.24, 2.45) is 5.92 Å². The van der Waals surface area contributed by atoms with Gasteiger partial charge in [0, 0.05) is 17.5 Å². The molecule has 2 amide bonds. The lowest BCUT2D eigenvalue weighted by atomic mass is 10.0. The van der Waals surface area contributed by atoms with Crippen LogP contribution in [0.3, 0.4) is 0 Å². The van der Waals surface area contributed by atoms with Crippen molar-refractivity contribution in [3.63, 3.8) is 0 Å². The summed E-state index contributed by atoms with van der Waals surface area (Å²) in [6, 6.07) is 6.80. The molecule has 28 heavy (non-hydrogen) atoms. The monoisotopic (exact) mass is 401 g/mol. The van der Waals surface area contributed by atoms with E-state index in [1.807, 2.05) is 32.0 Å². The Labute approximate surface area is 167 Å². The van der Waals surface area contributed by atoms with Crippen molar-refractivity contribution in [2.75, 3.05) is 11.9 Å². The van der Waals surface area contributed by atoms with Crippen molar-refractivity contribution in [1.82, 2.24) is 9.88 Å². The van der Waals surface area contributed by atoms with Gasteiger partial charge in [-0.2, -0.15) is 0 Å². The van der Waals surface area contributed by atoms with E-state index in [0.29, 0.717) is 29.5 Å². The molecule has 0 aliphatic carbocycles. The van der Waals surface area contributed by atoms with Gasteiger partial charge in [-0.3, -0.25) is 14.4 Å². The molecule has 0 unspecified atom stereocenters. The molecule has 0 radical (unpaired) electrons. The number of thiazole rings is 1. The Bertz CT molecular complexity index is 893. The van der Waals surface area contributed by atoms with Crippen LogP contribution in [0.15, 0.2) is 29.6 Å². The Morgan fingerprint density at radius 1 is 1.32 bits per heavy atom. The van der Waals surface area contributed by atoms with E-state index in [2.05, 4.69) is 10.3 Å². The number of anilines is 1. The molecule has 0 spiro atoms. The maximum atomic E-state index is 12.9. The standard InChI is InChI=1S/C20H23N3O4S/c1-4-27-16(24)9-14-11-28-20(21-14)22-18(25)17(12(2)3)23-10-13-7-5-6-8-15(13)19(23)26/h5-8,11-12,17H,4,9-10H2,1-3H3,(H,21,22,25)/t17-/m0/s1. The molecule has 2 heterocycles. The van der Waals surface area contributed by atoms with Crippen molar-refractivity contribution in [2.45, 2.75) is 39.8 Å². The largest absolute Gasteiger partial charge is 0.466 e. The third kappa shape index (κ3) is 4.22. The lowest BCUT2D eigenvalue weighted by molar-refractivity contribution is -0.142. The molecule has 0 bridgehead atoms. The number of nitrogens with zero attached hydrogens (tertiary/aromatic N) is 2. The lowest BCUT2D eigenvalue weighted by Gasteiger charge is -2.29. The minimum Gasteiger partial charge on any atom is -0.466 e. The van der Waals surface area contributed by atoms with Gasteiger partial charge in [0.25, 0.3) is 5.91 Å². The summed E-state index contributed by atoms with van der Waals surface area (Å²) in [4.78, 5) is 43.2. The highest BCUT2D eigenvalue weighted by Gasteiger charge is 2.38. The molecule has 8 heteroatoms. The van der Waals surface area contributed by atoms with Crippen LogP contribution in [0.2, 0.25) is 0 Å². The SMILES string of the molecule is CCOC(=O)Cc1csc(NC(=O)[C@H](C(C)C)N2Cc3ccccc3C2=O)n1. The van der Waals surface area contributed by atoms with Crippen LogP contribution in [0.25, 0.3) is 0 Å². The number of hydrogen-bond acceptors (Lipinski definition) is 6. The first-order chi connectivity index (χ1) is 13.4. The molecule has 1 aromatic carbocycles. The summed E-state index contributed by atoms with van der Waals surface area (Å²) in [5, 5.41) is 4.91. The Kier molecular flexibility index (Phi) is 6.08.